The topological polar surface area (TPSA) is 68.0 Å². The summed E-state index contributed by atoms with van der Waals surface area (Å²) in [5.74, 6) is -1.89. The van der Waals surface area contributed by atoms with Crippen molar-refractivity contribution in [2.45, 2.75) is 19.6 Å². The van der Waals surface area contributed by atoms with Crippen molar-refractivity contribution >= 4 is 5.91 Å². The summed E-state index contributed by atoms with van der Waals surface area (Å²) in [6.45, 7) is 2.34. The summed E-state index contributed by atoms with van der Waals surface area (Å²) in [7, 11) is 0. The Morgan fingerprint density at radius 2 is 1.88 bits per heavy atom. The number of hydrogen-bond acceptors (Lipinski definition) is 4. The van der Waals surface area contributed by atoms with Gasteiger partial charge in [0.2, 0.25) is 5.82 Å². The number of alkyl halides is 3. The first-order chi connectivity index (χ1) is 12.3. The van der Waals surface area contributed by atoms with E-state index in [1.165, 1.54) is 24.3 Å². The van der Waals surface area contributed by atoms with E-state index in [2.05, 4.69) is 20.0 Å². The summed E-state index contributed by atoms with van der Waals surface area (Å²) in [5, 5.41) is 6.09. The minimum Gasteiger partial charge on any atom is -0.348 e. The van der Waals surface area contributed by atoms with E-state index in [4.69, 9.17) is 0 Å². The number of nitrogens with zero attached hydrogens (tertiary/aromatic N) is 2. The quantitative estimate of drug-likeness (QED) is 0.763. The lowest BCUT2D eigenvalue weighted by Crippen LogP contribution is -2.22. The molecule has 1 N–H and O–H groups in total. The second-order valence-corrected chi connectivity index (χ2v) is 5.67. The van der Waals surface area contributed by atoms with Gasteiger partial charge >= 0.3 is 12.1 Å². The van der Waals surface area contributed by atoms with Gasteiger partial charge in [-0.2, -0.15) is 18.2 Å². The Morgan fingerprint density at radius 3 is 2.50 bits per heavy atom. The van der Waals surface area contributed by atoms with Crippen LogP contribution in [-0.4, -0.2) is 16.0 Å². The maximum absolute atomic E-state index is 12.5. The van der Waals surface area contributed by atoms with Crippen molar-refractivity contribution in [1.82, 2.24) is 15.5 Å². The van der Waals surface area contributed by atoms with Gasteiger partial charge in [0.1, 0.15) is 0 Å². The fraction of sp³-hybridized carbons (Fsp3) is 0.167. The van der Waals surface area contributed by atoms with E-state index in [0.717, 1.165) is 11.1 Å². The summed E-state index contributed by atoms with van der Waals surface area (Å²) in [5.41, 5.74) is 2.77. The number of aryl methyl sites for hydroxylation is 1. The normalized spacial score (nSPS) is 11.4. The molecule has 0 aliphatic rings. The molecule has 8 heteroatoms. The first-order valence-electron chi connectivity index (χ1n) is 7.68. The number of hydrogen-bond donors (Lipinski definition) is 1. The Morgan fingerprint density at radius 1 is 1.15 bits per heavy atom. The molecule has 0 saturated carbocycles. The molecule has 0 radical (unpaired) electrons. The molecule has 1 heterocycles. The second-order valence-electron chi connectivity index (χ2n) is 5.67. The molecule has 5 nitrogen and oxygen atoms in total. The van der Waals surface area contributed by atoms with Crippen molar-refractivity contribution in [3.05, 3.63) is 71.1 Å². The van der Waals surface area contributed by atoms with Gasteiger partial charge in [0.25, 0.3) is 5.91 Å². The van der Waals surface area contributed by atoms with Crippen LogP contribution in [0.5, 0.6) is 0 Å². The van der Waals surface area contributed by atoms with E-state index in [-0.39, 0.29) is 11.7 Å². The highest BCUT2D eigenvalue weighted by atomic mass is 19.4. The third-order valence-electron chi connectivity index (χ3n) is 3.61. The van der Waals surface area contributed by atoms with Gasteiger partial charge in [-0.15, -0.1) is 0 Å². The average Bonchev–Trinajstić information content (AvgIpc) is 3.10. The Bertz CT molecular complexity index is 918. The molecule has 1 amide bonds. The van der Waals surface area contributed by atoms with E-state index in [0.29, 0.717) is 17.7 Å². The van der Waals surface area contributed by atoms with Crippen LogP contribution in [0.25, 0.3) is 11.4 Å². The van der Waals surface area contributed by atoms with Gasteiger partial charge in [0.05, 0.1) is 0 Å². The van der Waals surface area contributed by atoms with Crippen LogP contribution < -0.4 is 5.32 Å². The standard InChI is InChI=1S/C18H14F3N3O2/c1-11-3-2-4-12(9-11)10-22-16(25)14-7-5-13(6-8-14)15-23-17(26-24-15)18(19,20)21/h2-9H,10H2,1H3,(H,22,25). The van der Waals surface area contributed by atoms with Crippen LogP contribution in [0.3, 0.4) is 0 Å². The molecule has 1 aromatic heterocycles. The smallest absolute Gasteiger partial charge is 0.348 e. The van der Waals surface area contributed by atoms with Gasteiger partial charge in [-0.3, -0.25) is 4.79 Å². The lowest BCUT2D eigenvalue weighted by molar-refractivity contribution is -0.159. The highest BCUT2D eigenvalue weighted by molar-refractivity contribution is 5.94. The Kier molecular flexibility index (Phi) is 4.75. The fourth-order valence-electron chi connectivity index (χ4n) is 2.33. The van der Waals surface area contributed by atoms with Crippen molar-refractivity contribution in [3.63, 3.8) is 0 Å². The van der Waals surface area contributed by atoms with Crippen molar-refractivity contribution < 1.29 is 22.5 Å². The predicted octanol–water partition coefficient (Wildman–Crippen LogP) is 3.99. The van der Waals surface area contributed by atoms with Gasteiger partial charge in [-0.25, -0.2) is 0 Å². The zero-order valence-electron chi connectivity index (χ0n) is 13.7. The number of rotatable bonds is 4. The molecule has 0 aliphatic heterocycles. The average molecular weight is 361 g/mol. The largest absolute Gasteiger partial charge is 0.471 e. The maximum atomic E-state index is 12.5. The molecule has 0 fully saturated rings. The molecule has 3 rings (SSSR count). The highest BCUT2D eigenvalue weighted by Crippen LogP contribution is 2.29. The summed E-state index contributed by atoms with van der Waals surface area (Å²) < 4.78 is 41.7. The van der Waals surface area contributed by atoms with Crippen LogP contribution in [0.2, 0.25) is 0 Å². The number of carbonyl (C=O) groups is 1. The van der Waals surface area contributed by atoms with Gasteiger partial charge in [0.15, 0.2) is 0 Å². The van der Waals surface area contributed by atoms with E-state index < -0.39 is 12.1 Å². The van der Waals surface area contributed by atoms with Crippen LogP contribution in [0.15, 0.2) is 53.1 Å². The predicted molar refractivity (Wildman–Crippen MR) is 87.1 cm³/mol. The minimum atomic E-state index is -4.69. The van der Waals surface area contributed by atoms with Crippen molar-refractivity contribution in [2.24, 2.45) is 0 Å². The molecular formula is C18H14F3N3O2. The third kappa shape index (κ3) is 4.08. The van der Waals surface area contributed by atoms with E-state index in [9.17, 15) is 18.0 Å². The van der Waals surface area contributed by atoms with Crippen LogP contribution in [0.4, 0.5) is 13.2 Å². The zero-order chi connectivity index (χ0) is 18.7. The van der Waals surface area contributed by atoms with Crippen LogP contribution >= 0.6 is 0 Å². The molecule has 0 spiro atoms. The molecule has 134 valence electrons. The summed E-state index contributed by atoms with van der Waals surface area (Å²) in [6, 6.07) is 13.7. The maximum Gasteiger partial charge on any atom is 0.471 e. The molecule has 0 atom stereocenters. The number of aromatic nitrogens is 2. The molecule has 0 unspecified atom stereocenters. The zero-order valence-corrected chi connectivity index (χ0v) is 13.7. The van der Waals surface area contributed by atoms with Crippen LogP contribution in [0, 0.1) is 6.92 Å². The van der Waals surface area contributed by atoms with Crippen molar-refractivity contribution in [3.8, 4) is 11.4 Å². The van der Waals surface area contributed by atoms with Gasteiger partial charge in [0, 0.05) is 17.7 Å². The summed E-state index contributed by atoms with van der Waals surface area (Å²) in [4.78, 5) is 15.5. The lowest BCUT2D eigenvalue weighted by atomic mass is 10.1. The number of halogens is 3. The molecule has 0 aliphatic carbocycles. The molecule has 0 bridgehead atoms. The van der Waals surface area contributed by atoms with Crippen molar-refractivity contribution in [2.75, 3.05) is 0 Å². The SMILES string of the molecule is Cc1cccc(CNC(=O)c2ccc(-c3noc(C(F)(F)F)n3)cc2)c1. The van der Waals surface area contributed by atoms with E-state index >= 15 is 0 Å². The lowest BCUT2D eigenvalue weighted by Gasteiger charge is -2.06. The van der Waals surface area contributed by atoms with Gasteiger partial charge in [-0.05, 0) is 24.6 Å². The highest BCUT2D eigenvalue weighted by Gasteiger charge is 2.38. The Hall–Kier alpha value is -3.16. The molecule has 2 aromatic carbocycles. The Labute approximate surface area is 146 Å². The Balaban J connectivity index is 1.67. The molecule has 26 heavy (non-hydrogen) atoms. The summed E-state index contributed by atoms with van der Waals surface area (Å²) in [6.07, 6.45) is -4.69. The van der Waals surface area contributed by atoms with Crippen molar-refractivity contribution in [1.29, 1.82) is 0 Å². The monoisotopic (exact) mass is 361 g/mol. The molecule has 0 saturated heterocycles. The number of amides is 1. The van der Waals surface area contributed by atoms with E-state index in [1.807, 2.05) is 31.2 Å². The number of carbonyl (C=O) groups excluding carboxylic acids is 1. The minimum absolute atomic E-state index is 0.191. The van der Waals surface area contributed by atoms with E-state index in [1.54, 1.807) is 0 Å². The van der Waals surface area contributed by atoms with Crippen LogP contribution in [0.1, 0.15) is 27.4 Å². The summed E-state index contributed by atoms with van der Waals surface area (Å²) >= 11 is 0. The van der Waals surface area contributed by atoms with Crippen LogP contribution in [-0.2, 0) is 12.7 Å². The fourth-order valence-corrected chi connectivity index (χ4v) is 2.33. The first-order valence-corrected chi connectivity index (χ1v) is 7.68. The molecule has 3 aromatic rings. The second kappa shape index (κ2) is 6.99. The number of nitrogens with one attached hydrogen (secondary N) is 1. The third-order valence-corrected chi connectivity index (χ3v) is 3.61. The first kappa shape index (κ1) is 17.7. The van der Waals surface area contributed by atoms with Gasteiger partial charge in [-0.1, -0.05) is 47.1 Å². The molecular weight excluding hydrogens is 347 g/mol. The number of benzene rings is 2. The van der Waals surface area contributed by atoms with Gasteiger partial charge < -0.3 is 9.84 Å².